The Hall–Kier alpha value is -5.03. The number of carbonyl (C=O) groups is 1. The number of para-hydroxylation sites is 3. The largest absolute Gasteiger partial charge is 0.456 e. The lowest BCUT2D eigenvalue weighted by atomic mass is 9.76. The van der Waals surface area contributed by atoms with E-state index in [9.17, 15) is 4.79 Å². The molecule has 0 radical (unpaired) electrons. The van der Waals surface area contributed by atoms with E-state index in [-0.39, 0.29) is 5.97 Å². The second-order valence-electron chi connectivity index (χ2n) is 10.6. The number of ether oxygens (including phenoxy) is 2. The molecule has 0 saturated heterocycles. The topological polar surface area (TPSA) is 50.8 Å². The Morgan fingerprint density at radius 3 is 2.02 bits per heavy atom. The fourth-order valence-electron chi connectivity index (χ4n) is 6.19. The highest BCUT2D eigenvalue weighted by Gasteiger charge is 2.56. The number of rotatable bonds is 5. The highest BCUT2D eigenvalue weighted by Crippen LogP contribution is 2.60. The molecule has 0 amide bonds. The summed E-state index contributed by atoms with van der Waals surface area (Å²) in [7, 11) is 0. The van der Waals surface area contributed by atoms with Crippen LogP contribution in [-0.4, -0.2) is 12.5 Å². The predicted octanol–water partition coefficient (Wildman–Crippen LogP) is 8.77. The first-order valence-electron chi connectivity index (χ1n) is 14.0. The number of hydrogen-bond acceptors (Lipinski definition) is 5. The van der Waals surface area contributed by atoms with Gasteiger partial charge in [0.1, 0.15) is 11.5 Å². The van der Waals surface area contributed by atoms with Crippen molar-refractivity contribution in [1.29, 1.82) is 0 Å². The first kappa shape index (κ1) is 25.0. The van der Waals surface area contributed by atoms with Gasteiger partial charge in [-0.1, -0.05) is 72.3 Å². The molecular weight excluding hydrogens is 508 g/mol. The third kappa shape index (κ3) is 3.80. The Bertz CT molecular complexity index is 1750. The average molecular weight is 539 g/mol. The highest BCUT2D eigenvalue weighted by molar-refractivity contribution is 6.06. The molecule has 1 N–H and O–H groups in total. The summed E-state index contributed by atoms with van der Waals surface area (Å²) >= 11 is 0. The molecule has 0 fully saturated rings. The Morgan fingerprint density at radius 1 is 0.780 bits per heavy atom. The number of esters is 1. The molecule has 2 aliphatic rings. The van der Waals surface area contributed by atoms with Gasteiger partial charge in [-0.15, -0.1) is 0 Å². The van der Waals surface area contributed by atoms with Gasteiger partial charge >= 0.3 is 5.97 Å². The van der Waals surface area contributed by atoms with Crippen molar-refractivity contribution in [3.8, 4) is 11.5 Å². The minimum atomic E-state index is -1.19. The quantitative estimate of drug-likeness (QED) is 0.227. The molecule has 0 saturated carbocycles. The van der Waals surface area contributed by atoms with Crippen molar-refractivity contribution in [3.63, 3.8) is 0 Å². The fraction of sp³-hybridized carbons (Fsp3) is 0.139. The van der Waals surface area contributed by atoms with Crippen molar-refractivity contribution in [2.45, 2.75) is 26.4 Å². The van der Waals surface area contributed by atoms with E-state index in [1.54, 1.807) is 0 Å². The lowest BCUT2D eigenvalue weighted by Crippen LogP contribution is -2.33. The first-order valence-corrected chi connectivity index (χ1v) is 14.0. The monoisotopic (exact) mass is 538 g/mol. The Labute approximate surface area is 240 Å². The maximum atomic E-state index is 14.3. The van der Waals surface area contributed by atoms with E-state index < -0.39 is 5.60 Å². The first-order chi connectivity index (χ1) is 20.0. The van der Waals surface area contributed by atoms with Crippen LogP contribution in [0.4, 0.5) is 22.7 Å². The third-order valence-electron chi connectivity index (χ3n) is 8.05. The zero-order valence-corrected chi connectivity index (χ0v) is 23.3. The van der Waals surface area contributed by atoms with Crippen molar-refractivity contribution < 1.29 is 14.3 Å². The number of benzene rings is 5. The zero-order valence-electron chi connectivity index (χ0n) is 23.3. The summed E-state index contributed by atoms with van der Waals surface area (Å²) in [6, 6.07) is 36.2. The maximum absolute atomic E-state index is 14.3. The molecule has 5 aromatic rings. The Kier molecular flexibility index (Phi) is 5.82. The molecule has 5 aromatic carbocycles. The molecular formula is C36H30N2O3. The molecule has 5 heteroatoms. The number of anilines is 4. The molecule has 2 aliphatic heterocycles. The van der Waals surface area contributed by atoms with E-state index in [1.807, 2.05) is 78.9 Å². The number of carbonyl (C=O) groups excluding carboxylic acids is 1. The van der Waals surface area contributed by atoms with Crippen molar-refractivity contribution in [2.24, 2.45) is 0 Å². The van der Waals surface area contributed by atoms with Crippen molar-refractivity contribution in [2.75, 3.05) is 16.8 Å². The van der Waals surface area contributed by atoms with Gasteiger partial charge in [-0.05, 0) is 68.8 Å². The number of nitrogens with zero attached hydrogens (tertiary/aromatic N) is 1. The fourth-order valence-corrected chi connectivity index (χ4v) is 6.19. The summed E-state index contributed by atoms with van der Waals surface area (Å²) in [6.45, 7) is 6.95. The van der Waals surface area contributed by atoms with Gasteiger partial charge in [-0.25, -0.2) is 4.79 Å². The number of aryl methyl sites for hydroxylation is 2. The standard InChI is InChI=1S/C36H30N2O3/c1-4-38(26-20-18-23(2)19-21-26)29-22-24(3)34(37-25-12-6-5-7-13-25)33-32(29)35(39)41-36(33)27-14-8-10-16-30(27)40-31-17-11-9-15-28(31)36/h5-22,37H,4H2,1-3H3. The summed E-state index contributed by atoms with van der Waals surface area (Å²) in [5, 5.41) is 3.67. The van der Waals surface area contributed by atoms with Crippen LogP contribution in [0.5, 0.6) is 11.5 Å². The molecule has 0 aliphatic carbocycles. The second-order valence-corrected chi connectivity index (χ2v) is 10.6. The van der Waals surface area contributed by atoms with E-state index >= 15 is 0 Å². The van der Waals surface area contributed by atoms with Crippen LogP contribution in [0.15, 0.2) is 109 Å². The van der Waals surface area contributed by atoms with Crippen LogP contribution in [0.3, 0.4) is 0 Å². The van der Waals surface area contributed by atoms with Crippen LogP contribution in [-0.2, 0) is 10.3 Å². The summed E-state index contributed by atoms with van der Waals surface area (Å²) in [5.74, 6) is 0.987. The van der Waals surface area contributed by atoms with Gasteiger partial charge in [0.2, 0.25) is 0 Å². The highest BCUT2D eigenvalue weighted by atomic mass is 16.6. The number of fused-ring (bicyclic) bond motifs is 6. The second kappa shape index (κ2) is 9.56. The van der Waals surface area contributed by atoms with Gasteiger partial charge in [-0.3, -0.25) is 0 Å². The van der Waals surface area contributed by atoms with Gasteiger partial charge in [0.15, 0.2) is 5.60 Å². The van der Waals surface area contributed by atoms with Crippen LogP contribution in [0, 0.1) is 13.8 Å². The molecule has 2 heterocycles. The van der Waals surface area contributed by atoms with Crippen LogP contribution < -0.4 is 15.0 Å². The maximum Gasteiger partial charge on any atom is 0.342 e. The van der Waals surface area contributed by atoms with E-state index in [0.717, 1.165) is 45.0 Å². The summed E-state index contributed by atoms with van der Waals surface area (Å²) in [4.78, 5) is 16.5. The van der Waals surface area contributed by atoms with Crippen molar-refractivity contribution in [1.82, 2.24) is 0 Å². The third-order valence-corrected chi connectivity index (χ3v) is 8.05. The van der Waals surface area contributed by atoms with Gasteiger partial charge in [0.05, 0.1) is 16.9 Å². The van der Waals surface area contributed by atoms with E-state index in [2.05, 4.69) is 61.3 Å². The van der Waals surface area contributed by atoms with Gasteiger partial charge in [-0.2, -0.15) is 0 Å². The van der Waals surface area contributed by atoms with Crippen LogP contribution >= 0.6 is 0 Å². The summed E-state index contributed by atoms with van der Waals surface area (Å²) < 4.78 is 13.0. The molecule has 202 valence electrons. The molecule has 0 aromatic heterocycles. The Balaban J connectivity index is 1.58. The molecule has 5 nitrogen and oxygen atoms in total. The SMILES string of the molecule is CCN(c1ccc(C)cc1)c1cc(C)c(Nc2ccccc2)c2c1C(=O)OC21c2ccccc2Oc2ccccc21. The molecule has 1 spiro atoms. The minimum Gasteiger partial charge on any atom is -0.456 e. The molecule has 0 bridgehead atoms. The van der Waals surface area contributed by atoms with Crippen LogP contribution in [0.2, 0.25) is 0 Å². The predicted molar refractivity (Wildman–Crippen MR) is 163 cm³/mol. The summed E-state index contributed by atoms with van der Waals surface area (Å²) in [6.07, 6.45) is 0. The molecule has 41 heavy (non-hydrogen) atoms. The number of hydrogen-bond donors (Lipinski definition) is 1. The molecule has 0 atom stereocenters. The normalized spacial score (nSPS) is 14.0. The van der Waals surface area contributed by atoms with Gasteiger partial charge < -0.3 is 19.7 Å². The lowest BCUT2D eigenvalue weighted by molar-refractivity contribution is 0.0226. The summed E-state index contributed by atoms with van der Waals surface area (Å²) in [5.41, 5.74) is 7.59. The van der Waals surface area contributed by atoms with Crippen LogP contribution in [0.25, 0.3) is 0 Å². The van der Waals surface area contributed by atoms with Crippen LogP contribution in [0.1, 0.15) is 45.1 Å². The van der Waals surface area contributed by atoms with E-state index in [4.69, 9.17) is 9.47 Å². The van der Waals surface area contributed by atoms with Gasteiger partial charge in [0, 0.05) is 34.6 Å². The number of nitrogens with one attached hydrogen (secondary N) is 1. The molecule has 0 unspecified atom stereocenters. The lowest BCUT2D eigenvalue weighted by Gasteiger charge is -2.37. The van der Waals surface area contributed by atoms with Gasteiger partial charge in [0.25, 0.3) is 0 Å². The van der Waals surface area contributed by atoms with E-state index in [0.29, 0.717) is 23.6 Å². The average Bonchev–Trinajstić information content (AvgIpc) is 3.30. The smallest absolute Gasteiger partial charge is 0.342 e. The van der Waals surface area contributed by atoms with Crippen molar-refractivity contribution in [3.05, 3.63) is 143 Å². The minimum absolute atomic E-state index is 0.358. The van der Waals surface area contributed by atoms with Crippen molar-refractivity contribution >= 4 is 28.7 Å². The Morgan fingerprint density at radius 2 is 1.39 bits per heavy atom. The molecule has 7 rings (SSSR count). The van der Waals surface area contributed by atoms with E-state index in [1.165, 1.54) is 5.56 Å². The zero-order chi connectivity index (χ0) is 28.1.